The zero-order valence-corrected chi connectivity index (χ0v) is 9.29. The number of carboxylic acid groups (broad SMARTS) is 1. The first kappa shape index (κ1) is 13.3. The second-order valence-corrected chi connectivity index (χ2v) is 5.65. The summed E-state index contributed by atoms with van der Waals surface area (Å²) in [6.45, 7) is -0.0464. The summed E-state index contributed by atoms with van der Waals surface area (Å²) < 4.78 is 47.2. The maximum atomic E-state index is 12.2. The number of alkyl halides is 2. The van der Waals surface area contributed by atoms with Crippen molar-refractivity contribution in [2.45, 2.75) is 25.0 Å². The molecule has 0 aromatic rings. The Morgan fingerprint density at radius 3 is 2.25 bits per heavy atom. The van der Waals surface area contributed by atoms with Gasteiger partial charge in [-0.15, -0.1) is 0 Å². The molecule has 1 saturated heterocycles. The van der Waals surface area contributed by atoms with E-state index in [1.807, 2.05) is 0 Å². The number of hydrogen-bond acceptors (Lipinski definition) is 3. The van der Waals surface area contributed by atoms with Crippen LogP contribution in [-0.4, -0.2) is 42.6 Å². The highest BCUT2D eigenvalue weighted by molar-refractivity contribution is 7.89. The summed E-state index contributed by atoms with van der Waals surface area (Å²) in [5.74, 6) is -4.47. The lowest BCUT2D eigenvalue weighted by Crippen LogP contribution is -2.41. The van der Waals surface area contributed by atoms with E-state index in [1.165, 1.54) is 0 Å². The quantitative estimate of drug-likeness (QED) is 0.805. The van der Waals surface area contributed by atoms with Gasteiger partial charge >= 0.3 is 11.7 Å². The molecule has 1 rings (SSSR count). The Bertz CT molecular complexity index is 349. The number of sulfonamides is 1. The maximum absolute atomic E-state index is 12.2. The molecule has 0 radical (unpaired) electrons. The second-order valence-electron chi connectivity index (χ2n) is 3.75. The maximum Gasteiger partial charge on any atom is 0.350 e. The Hall–Kier alpha value is -0.760. The Labute approximate surface area is 92.1 Å². The number of carbonyl (C=O) groups is 1. The fourth-order valence-electron chi connectivity index (χ4n) is 1.73. The van der Waals surface area contributed by atoms with E-state index in [9.17, 15) is 22.0 Å². The molecule has 0 bridgehead atoms. The number of aliphatic carboxylic acids is 1. The molecule has 0 aromatic carbocycles. The SMILES string of the molecule is O=C(O)CC1CCN(S(=O)(=O)C(F)F)CC1. The van der Waals surface area contributed by atoms with Crippen LogP contribution in [0.25, 0.3) is 0 Å². The highest BCUT2D eigenvalue weighted by atomic mass is 32.2. The predicted octanol–water partition coefficient (Wildman–Crippen LogP) is 0.726. The van der Waals surface area contributed by atoms with E-state index in [-0.39, 0.29) is 25.4 Å². The van der Waals surface area contributed by atoms with Crippen molar-refractivity contribution in [3.8, 4) is 0 Å². The van der Waals surface area contributed by atoms with Crippen molar-refractivity contribution in [3.05, 3.63) is 0 Å². The molecule has 0 spiro atoms. The zero-order valence-electron chi connectivity index (χ0n) is 8.47. The third kappa shape index (κ3) is 3.11. The number of halogens is 2. The lowest BCUT2D eigenvalue weighted by atomic mass is 9.95. The van der Waals surface area contributed by atoms with E-state index in [4.69, 9.17) is 5.11 Å². The minimum absolute atomic E-state index is 0.0232. The van der Waals surface area contributed by atoms with Crippen LogP contribution in [0.4, 0.5) is 8.78 Å². The summed E-state index contributed by atoms with van der Waals surface area (Å²) in [5.41, 5.74) is 0. The average Bonchev–Trinajstić information content (AvgIpc) is 2.17. The number of hydrogen-bond donors (Lipinski definition) is 1. The molecule has 0 atom stereocenters. The highest BCUT2D eigenvalue weighted by Crippen LogP contribution is 2.24. The number of piperidine rings is 1. The van der Waals surface area contributed by atoms with E-state index in [2.05, 4.69) is 0 Å². The van der Waals surface area contributed by atoms with Crippen LogP contribution in [0.3, 0.4) is 0 Å². The van der Waals surface area contributed by atoms with Gasteiger partial charge in [0.15, 0.2) is 0 Å². The first-order valence-electron chi connectivity index (χ1n) is 4.83. The zero-order chi connectivity index (χ0) is 12.3. The molecule has 0 aromatic heterocycles. The third-order valence-electron chi connectivity index (χ3n) is 2.62. The fourth-order valence-corrected chi connectivity index (χ4v) is 2.67. The van der Waals surface area contributed by atoms with Crippen LogP contribution in [-0.2, 0) is 14.8 Å². The van der Waals surface area contributed by atoms with Crippen LogP contribution in [0.1, 0.15) is 19.3 Å². The van der Waals surface area contributed by atoms with Crippen molar-refractivity contribution >= 4 is 16.0 Å². The molecule has 1 N–H and O–H groups in total. The summed E-state index contributed by atoms with van der Waals surface area (Å²) in [7, 11) is -4.50. The Balaban J connectivity index is 2.52. The van der Waals surface area contributed by atoms with Gasteiger partial charge in [-0.1, -0.05) is 0 Å². The van der Waals surface area contributed by atoms with Crippen LogP contribution in [0.2, 0.25) is 0 Å². The van der Waals surface area contributed by atoms with Crippen molar-refractivity contribution < 1.29 is 27.1 Å². The largest absolute Gasteiger partial charge is 0.481 e. The van der Waals surface area contributed by atoms with Gasteiger partial charge in [-0.05, 0) is 18.8 Å². The minimum Gasteiger partial charge on any atom is -0.481 e. The van der Waals surface area contributed by atoms with E-state index in [0.717, 1.165) is 4.31 Å². The van der Waals surface area contributed by atoms with Gasteiger partial charge in [0.2, 0.25) is 0 Å². The number of carboxylic acids is 1. The summed E-state index contributed by atoms with van der Waals surface area (Å²) >= 11 is 0. The molecule has 0 amide bonds. The molecule has 16 heavy (non-hydrogen) atoms. The first-order valence-corrected chi connectivity index (χ1v) is 6.33. The molecule has 0 unspecified atom stereocenters. The van der Waals surface area contributed by atoms with E-state index in [0.29, 0.717) is 12.8 Å². The monoisotopic (exact) mass is 257 g/mol. The van der Waals surface area contributed by atoms with Crippen LogP contribution in [0.5, 0.6) is 0 Å². The van der Waals surface area contributed by atoms with E-state index >= 15 is 0 Å². The molecular weight excluding hydrogens is 244 g/mol. The molecule has 0 aliphatic carbocycles. The molecule has 5 nitrogen and oxygen atoms in total. The number of rotatable bonds is 4. The van der Waals surface area contributed by atoms with E-state index in [1.54, 1.807) is 0 Å². The van der Waals surface area contributed by atoms with Gasteiger partial charge in [0.1, 0.15) is 0 Å². The Morgan fingerprint density at radius 2 is 1.88 bits per heavy atom. The topological polar surface area (TPSA) is 74.7 Å². The van der Waals surface area contributed by atoms with Crippen LogP contribution < -0.4 is 0 Å². The minimum atomic E-state index is -4.50. The van der Waals surface area contributed by atoms with Crippen LogP contribution >= 0.6 is 0 Å². The molecule has 1 heterocycles. The van der Waals surface area contributed by atoms with Crippen molar-refractivity contribution in [2.24, 2.45) is 5.92 Å². The van der Waals surface area contributed by atoms with Gasteiger partial charge in [0, 0.05) is 19.5 Å². The smallest absolute Gasteiger partial charge is 0.350 e. The summed E-state index contributed by atoms with van der Waals surface area (Å²) in [6.07, 6.45) is 0.596. The van der Waals surface area contributed by atoms with Crippen LogP contribution in [0.15, 0.2) is 0 Å². The summed E-state index contributed by atoms with van der Waals surface area (Å²) in [6, 6.07) is 0. The van der Waals surface area contributed by atoms with Gasteiger partial charge in [0.25, 0.3) is 10.0 Å². The molecule has 0 saturated carbocycles. The Morgan fingerprint density at radius 1 is 1.38 bits per heavy atom. The molecule has 1 aliphatic heterocycles. The van der Waals surface area contributed by atoms with Crippen molar-refractivity contribution in [1.82, 2.24) is 4.31 Å². The molecule has 1 aliphatic rings. The molecule has 1 fully saturated rings. The Kier molecular flexibility index (Phi) is 4.20. The standard InChI is InChI=1S/C8H13F2NO4S/c9-8(10)16(14,15)11-3-1-6(2-4-11)5-7(12)13/h6,8H,1-5H2,(H,12,13). The van der Waals surface area contributed by atoms with Gasteiger partial charge in [0.05, 0.1) is 0 Å². The predicted molar refractivity (Wildman–Crippen MR) is 51.5 cm³/mol. The normalized spacial score (nSPS) is 20.2. The first-order chi connectivity index (χ1) is 7.34. The van der Waals surface area contributed by atoms with Gasteiger partial charge in [-0.2, -0.15) is 13.1 Å². The molecule has 8 heteroatoms. The van der Waals surface area contributed by atoms with Gasteiger partial charge < -0.3 is 5.11 Å². The van der Waals surface area contributed by atoms with Crippen molar-refractivity contribution in [2.75, 3.05) is 13.1 Å². The van der Waals surface area contributed by atoms with E-state index < -0.39 is 21.8 Å². The lowest BCUT2D eigenvalue weighted by Gasteiger charge is -2.30. The highest BCUT2D eigenvalue weighted by Gasteiger charge is 2.34. The average molecular weight is 257 g/mol. The third-order valence-corrected chi connectivity index (χ3v) is 4.16. The molecular formula is C8H13F2NO4S. The second kappa shape index (κ2) is 5.05. The van der Waals surface area contributed by atoms with Gasteiger partial charge in [-0.25, -0.2) is 8.42 Å². The van der Waals surface area contributed by atoms with Crippen molar-refractivity contribution in [3.63, 3.8) is 0 Å². The lowest BCUT2D eigenvalue weighted by molar-refractivity contribution is -0.138. The fraction of sp³-hybridized carbons (Fsp3) is 0.875. The molecule has 94 valence electrons. The van der Waals surface area contributed by atoms with Crippen LogP contribution in [0, 0.1) is 5.92 Å². The summed E-state index contributed by atoms with van der Waals surface area (Å²) in [5, 5.41) is 8.53. The van der Waals surface area contributed by atoms with Gasteiger partial charge in [-0.3, -0.25) is 4.79 Å². The summed E-state index contributed by atoms with van der Waals surface area (Å²) in [4.78, 5) is 10.4. The van der Waals surface area contributed by atoms with Crippen molar-refractivity contribution in [1.29, 1.82) is 0 Å². The number of nitrogens with zero attached hydrogens (tertiary/aromatic N) is 1.